The molecule has 3 N–H and O–H groups in total. The number of rotatable bonds is 1. The fourth-order valence-corrected chi connectivity index (χ4v) is 2.87. The van der Waals surface area contributed by atoms with Gasteiger partial charge in [-0.3, -0.25) is 4.79 Å². The summed E-state index contributed by atoms with van der Waals surface area (Å²) >= 11 is 0. The number of carbonyl (C=O) groups excluding carboxylic acids is 1. The average Bonchev–Trinajstić information content (AvgIpc) is 2.22. The first-order chi connectivity index (χ1) is 7.89. The van der Waals surface area contributed by atoms with Gasteiger partial charge < -0.3 is 15.7 Å². The Hall–Kier alpha value is -0.740. The Labute approximate surface area is 98.6 Å². The maximum Gasteiger partial charge on any atom is 0.400 e. The maximum absolute atomic E-state index is 11.1. The molecule has 8 nitrogen and oxygen atoms in total. The highest BCUT2D eigenvalue weighted by Crippen LogP contribution is 2.22. The fourth-order valence-electron chi connectivity index (χ4n) is 1.98. The third-order valence-corrected chi connectivity index (χ3v) is 3.64. The Morgan fingerprint density at radius 1 is 1.53 bits per heavy atom. The molecule has 2 rings (SSSR count). The SMILES string of the molecule is CC(=O)NC1CNC2COS(=O)(=O)OC2C1O. The lowest BCUT2D eigenvalue weighted by molar-refractivity contribution is -0.122. The van der Waals surface area contributed by atoms with E-state index in [2.05, 4.69) is 19.0 Å². The second kappa shape index (κ2) is 4.50. The van der Waals surface area contributed by atoms with Crippen LogP contribution in [0.5, 0.6) is 0 Å². The van der Waals surface area contributed by atoms with Gasteiger partial charge >= 0.3 is 10.4 Å². The Morgan fingerprint density at radius 2 is 2.24 bits per heavy atom. The van der Waals surface area contributed by atoms with Crippen molar-refractivity contribution >= 4 is 16.3 Å². The standard InChI is InChI=1S/C8H14N2O6S/c1-4(11)10-5-2-9-6-3-15-17(13,14)16-8(6)7(5)12/h5-9,12H,2-3H2,1H3,(H,10,11). The normalized spacial score (nSPS) is 40.4. The van der Waals surface area contributed by atoms with Gasteiger partial charge in [-0.1, -0.05) is 0 Å². The molecule has 2 heterocycles. The van der Waals surface area contributed by atoms with Crippen molar-refractivity contribution in [2.24, 2.45) is 0 Å². The van der Waals surface area contributed by atoms with Crippen LogP contribution in [0.1, 0.15) is 6.92 Å². The highest BCUT2D eigenvalue weighted by Gasteiger charge is 2.45. The van der Waals surface area contributed by atoms with Crippen molar-refractivity contribution in [2.45, 2.75) is 31.2 Å². The van der Waals surface area contributed by atoms with Crippen molar-refractivity contribution in [1.82, 2.24) is 10.6 Å². The number of fused-ring (bicyclic) bond motifs is 1. The van der Waals surface area contributed by atoms with Gasteiger partial charge in [0.2, 0.25) is 5.91 Å². The predicted octanol–water partition coefficient (Wildman–Crippen LogP) is -2.52. The fraction of sp³-hybridized carbons (Fsp3) is 0.875. The topological polar surface area (TPSA) is 114 Å². The summed E-state index contributed by atoms with van der Waals surface area (Å²) in [6.07, 6.45) is -2.04. The molecule has 0 radical (unpaired) electrons. The van der Waals surface area contributed by atoms with Crippen LogP contribution in [0, 0.1) is 0 Å². The molecule has 1 amide bonds. The molecule has 4 atom stereocenters. The van der Waals surface area contributed by atoms with E-state index in [9.17, 15) is 18.3 Å². The molecule has 0 aromatic carbocycles. The van der Waals surface area contributed by atoms with Gasteiger partial charge in [0.25, 0.3) is 0 Å². The van der Waals surface area contributed by atoms with E-state index >= 15 is 0 Å². The molecule has 0 aliphatic carbocycles. The van der Waals surface area contributed by atoms with E-state index in [4.69, 9.17) is 0 Å². The quantitative estimate of drug-likeness (QED) is 0.480. The Bertz CT molecular complexity index is 410. The summed E-state index contributed by atoms with van der Waals surface area (Å²) in [5.74, 6) is -0.302. The Balaban J connectivity index is 2.10. The molecular weight excluding hydrogens is 252 g/mol. The third kappa shape index (κ3) is 2.75. The van der Waals surface area contributed by atoms with Crippen LogP contribution < -0.4 is 10.6 Å². The average molecular weight is 266 g/mol. The van der Waals surface area contributed by atoms with Crippen molar-refractivity contribution in [3.8, 4) is 0 Å². The molecule has 9 heteroatoms. The van der Waals surface area contributed by atoms with Crippen LogP contribution in [0.2, 0.25) is 0 Å². The first-order valence-electron chi connectivity index (χ1n) is 5.15. The number of hydrogen-bond donors (Lipinski definition) is 3. The summed E-state index contributed by atoms with van der Waals surface area (Å²) in [4.78, 5) is 10.9. The number of aliphatic hydroxyl groups excluding tert-OH is 1. The van der Waals surface area contributed by atoms with Crippen LogP contribution >= 0.6 is 0 Å². The van der Waals surface area contributed by atoms with Gasteiger partial charge in [0.1, 0.15) is 12.2 Å². The minimum Gasteiger partial charge on any atom is -0.388 e. The third-order valence-electron chi connectivity index (χ3n) is 2.75. The summed E-state index contributed by atoms with van der Waals surface area (Å²) in [7, 11) is -4.05. The van der Waals surface area contributed by atoms with Crippen molar-refractivity contribution in [3.63, 3.8) is 0 Å². The maximum atomic E-state index is 11.1. The van der Waals surface area contributed by atoms with Gasteiger partial charge in [-0.05, 0) is 0 Å². The van der Waals surface area contributed by atoms with Crippen LogP contribution in [0.4, 0.5) is 0 Å². The second-order valence-corrected chi connectivity index (χ2v) is 5.31. The zero-order chi connectivity index (χ0) is 12.6. The molecule has 2 aliphatic heterocycles. The van der Waals surface area contributed by atoms with E-state index < -0.39 is 34.7 Å². The Morgan fingerprint density at radius 3 is 2.88 bits per heavy atom. The summed E-state index contributed by atoms with van der Waals surface area (Å²) in [6.45, 7) is 1.56. The molecule has 4 unspecified atom stereocenters. The summed E-state index contributed by atoms with van der Waals surface area (Å²) < 4.78 is 31.4. The lowest BCUT2D eigenvalue weighted by Gasteiger charge is -2.42. The van der Waals surface area contributed by atoms with Crippen LogP contribution in [-0.4, -0.2) is 56.9 Å². The molecular formula is C8H14N2O6S. The summed E-state index contributed by atoms with van der Waals surface area (Å²) in [5.41, 5.74) is 0. The van der Waals surface area contributed by atoms with Gasteiger partial charge in [0, 0.05) is 13.5 Å². The molecule has 0 bridgehead atoms. The van der Waals surface area contributed by atoms with E-state index in [1.165, 1.54) is 6.92 Å². The van der Waals surface area contributed by atoms with Crippen LogP contribution in [0.3, 0.4) is 0 Å². The zero-order valence-electron chi connectivity index (χ0n) is 9.12. The lowest BCUT2D eigenvalue weighted by Crippen LogP contribution is -2.67. The molecule has 17 heavy (non-hydrogen) atoms. The second-order valence-electron chi connectivity index (χ2n) is 4.07. The largest absolute Gasteiger partial charge is 0.400 e. The van der Waals surface area contributed by atoms with Crippen LogP contribution in [-0.2, 0) is 23.6 Å². The summed E-state index contributed by atoms with van der Waals surface area (Å²) in [6, 6.07) is -0.986. The highest BCUT2D eigenvalue weighted by atomic mass is 32.3. The van der Waals surface area contributed by atoms with E-state index in [0.29, 0.717) is 6.54 Å². The van der Waals surface area contributed by atoms with Crippen molar-refractivity contribution in [1.29, 1.82) is 0 Å². The Kier molecular flexibility index (Phi) is 3.36. The first kappa shape index (κ1) is 12.7. The van der Waals surface area contributed by atoms with E-state index in [0.717, 1.165) is 0 Å². The minimum atomic E-state index is -4.05. The molecule has 0 saturated carbocycles. The minimum absolute atomic E-state index is 0.0865. The van der Waals surface area contributed by atoms with Crippen molar-refractivity contribution < 1.29 is 26.7 Å². The number of nitrogens with one attached hydrogen (secondary N) is 2. The monoisotopic (exact) mass is 266 g/mol. The number of carbonyl (C=O) groups is 1. The smallest absolute Gasteiger partial charge is 0.388 e. The zero-order valence-corrected chi connectivity index (χ0v) is 9.94. The van der Waals surface area contributed by atoms with Gasteiger partial charge in [-0.2, -0.15) is 8.42 Å². The van der Waals surface area contributed by atoms with E-state index in [1.807, 2.05) is 0 Å². The molecule has 2 saturated heterocycles. The van der Waals surface area contributed by atoms with Crippen LogP contribution in [0.15, 0.2) is 0 Å². The van der Waals surface area contributed by atoms with Crippen molar-refractivity contribution in [2.75, 3.05) is 13.2 Å². The van der Waals surface area contributed by atoms with Gasteiger partial charge in [-0.15, -0.1) is 0 Å². The molecule has 0 aromatic heterocycles. The van der Waals surface area contributed by atoms with Crippen molar-refractivity contribution in [3.05, 3.63) is 0 Å². The lowest BCUT2D eigenvalue weighted by atomic mass is 9.94. The van der Waals surface area contributed by atoms with E-state index in [1.54, 1.807) is 0 Å². The van der Waals surface area contributed by atoms with Gasteiger partial charge in [0.15, 0.2) is 0 Å². The number of hydrogen-bond acceptors (Lipinski definition) is 7. The highest BCUT2D eigenvalue weighted by molar-refractivity contribution is 7.81. The molecule has 2 fully saturated rings. The molecule has 98 valence electrons. The van der Waals surface area contributed by atoms with Gasteiger partial charge in [-0.25, -0.2) is 8.37 Å². The molecule has 2 aliphatic rings. The predicted molar refractivity (Wildman–Crippen MR) is 55.1 cm³/mol. The number of amides is 1. The summed E-state index contributed by atoms with van der Waals surface area (Å²) in [5, 5.41) is 15.4. The van der Waals surface area contributed by atoms with Crippen LogP contribution in [0.25, 0.3) is 0 Å². The number of aliphatic hydroxyl groups is 1. The van der Waals surface area contributed by atoms with E-state index in [-0.39, 0.29) is 12.5 Å². The first-order valence-corrected chi connectivity index (χ1v) is 6.48. The number of piperidine rings is 1. The molecule has 0 spiro atoms. The molecule has 0 aromatic rings. The van der Waals surface area contributed by atoms with Gasteiger partial charge in [0.05, 0.1) is 18.7 Å².